The Morgan fingerprint density at radius 1 is 1.17 bits per heavy atom. The largest absolute Gasteiger partial charge is 0.465 e. The van der Waals surface area contributed by atoms with E-state index in [1.54, 1.807) is 18.2 Å². The van der Waals surface area contributed by atoms with Crippen LogP contribution in [0.4, 0.5) is 0 Å². The summed E-state index contributed by atoms with van der Waals surface area (Å²) in [5.74, 6) is 0.566. The first-order valence-electron chi connectivity index (χ1n) is 5.01. The molecule has 6 heteroatoms. The maximum absolute atomic E-state index is 11.4. The second-order valence-electron chi connectivity index (χ2n) is 3.34. The highest BCUT2D eigenvalue weighted by atomic mass is 79.9. The summed E-state index contributed by atoms with van der Waals surface area (Å²) < 4.78 is 10.9. The van der Waals surface area contributed by atoms with Crippen LogP contribution < -0.4 is 4.74 Å². The van der Waals surface area contributed by atoms with E-state index in [-0.39, 0.29) is 0 Å². The standard InChI is InChI=1S/C12H9BrN2O3/c1-17-12(16)8-2-9(13)4-10(3-8)18-11-5-14-7-15-6-11/h2-7H,1H3. The van der Waals surface area contributed by atoms with E-state index in [4.69, 9.17) is 4.74 Å². The molecule has 0 N–H and O–H groups in total. The maximum atomic E-state index is 11.4. The molecular weight excluding hydrogens is 300 g/mol. The zero-order valence-electron chi connectivity index (χ0n) is 9.46. The molecule has 0 aliphatic rings. The van der Waals surface area contributed by atoms with Gasteiger partial charge in [0.15, 0.2) is 5.75 Å². The molecule has 2 rings (SSSR count). The van der Waals surface area contributed by atoms with Crippen molar-refractivity contribution >= 4 is 21.9 Å². The van der Waals surface area contributed by atoms with Gasteiger partial charge in [0.1, 0.15) is 12.1 Å². The fourth-order valence-corrected chi connectivity index (χ4v) is 1.80. The molecule has 1 aromatic heterocycles. The lowest BCUT2D eigenvalue weighted by atomic mass is 10.2. The van der Waals surface area contributed by atoms with Gasteiger partial charge in [-0.3, -0.25) is 0 Å². The number of hydrogen-bond acceptors (Lipinski definition) is 5. The first-order chi connectivity index (χ1) is 8.69. The van der Waals surface area contributed by atoms with Crippen LogP contribution in [0.1, 0.15) is 10.4 Å². The van der Waals surface area contributed by atoms with Gasteiger partial charge in [0.25, 0.3) is 0 Å². The van der Waals surface area contributed by atoms with Crippen molar-refractivity contribution in [2.75, 3.05) is 7.11 Å². The van der Waals surface area contributed by atoms with Gasteiger partial charge in [-0.2, -0.15) is 0 Å². The van der Waals surface area contributed by atoms with Crippen LogP contribution >= 0.6 is 15.9 Å². The van der Waals surface area contributed by atoms with Gasteiger partial charge in [0.05, 0.1) is 25.1 Å². The van der Waals surface area contributed by atoms with E-state index >= 15 is 0 Å². The molecule has 0 saturated heterocycles. The number of ether oxygens (including phenoxy) is 2. The highest BCUT2D eigenvalue weighted by Crippen LogP contribution is 2.25. The van der Waals surface area contributed by atoms with E-state index in [9.17, 15) is 4.79 Å². The number of nitrogens with zero attached hydrogens (tertiary/aromatic N) is 2. The van der Waals surface area contributed by atoms with Crippen LogP contribution in [0, 0.1) is 0 Å². The second-order valence-corrected chi connectivity index (χ2v) is 4.26. The second kappa shape index (κ2) is 5.59. The van der Waals surface area contributed by atoms with Gasteiger partial charge in [-0.25, -0.2) is 14.8 Å². The summed E-state index contributed by atoms with van der Waals surface area (Å²) in [6, 6.07) is 4.98. The Morgan fingerprint density at radius 2 is 1.89 bits per heavy atom. The Kier molecular flexibility index (Phi) is 3.88. The van der Waals surface area contributed by atoms with Crippen molar-refractivity contribution < 1.29 is 14.3 Å². The topological polar surface area (TPSA) is 61.3 Å². The van der Waals surface area contributed by atoms with Crippen LogP contribution in [0.3, 0.4) is 0 Å². The minimum Gasteiger partial charge on any atom is -0.465 e. The van der Waals surface area contributed by atoms with E-state index in [1.807, 2.05) is 0 Å². The molecule has 0 unspecified atom stereocenters. The molecule has 92 valence electrons. The molecule has 0 bridgehead atoms. The summed E-state index contributed by atoms with van der Waals surface area (Å²) in [6.45, 7) is 0. The number of esters is 1. The summed E-state index contributed by atoms with van der Waals surface area (Å²) in [6.07, 6.45) is 4.48. The zero-order chi connectivity index (χ0) is 13.0. The Morgan fingerprint density at radius 3 is 2.56 bits per heavy atom. The van der Waals surface area contributed by atoms with Gasteiger partial charge in [-0.1, -0.05) is 15.9 Å². The first-order valence-corrected chi connectivity index (χ1v) is 5.80. The molecule has 1 aromatic carbocycles. The predicted molar refractivity (Wildman–Crippen MR) is 67.6 cm³/mol. The number of hydrogen-bond donors (Lipinski definition) is 0. The third-order valence-corrected chi connectivity index (χ3v) is 2.52. The fraction of sp³-hybridized carbons (Fsp3) is 0.0833. The summed E-state index contributed by atoms with van der Waals surface area (Å²) in [5, 5.41) is 0. The van der Waals surface area contributed by atoms with Crippen molar-refractivity contribution in [1.82, 2.24) is 9.97 Å². The highest BCUT2D eigenvalue weighted by Gasteiger charge is 2.09. The van der Waals surface area contributed by atoms with Crippen LogP contribution in [0.25, 0.3) is 0 Å². The van der Waals surface area contributed by atoms with Gasteiger partial charge >= 0.3 is 5.97 Å². The Balaban J connectivity index is 2.28. The summed E-state index contributed by atoms with van der Waals surface area (Å²) in [7, 11) is 1.33. The molecule has 0 saturated carbocycles. The normalized spacial score (nSPS) is 9.89. The SMILES string of the molecule is COC(=O)c1cc(Br)cc(Oc2cncnc2)c1. The summed E-state index contributed by atoms with van der Waals surface area (Å²) >= 11 is 3.30. The highest BCUT2D eigenvalue weighted by molar-refractivity contribution is 9.10. The van der Waals surface area contributed by atoms with Crippen LogP contribution in [0.15, 0.2) is 41.4 Å². The van der Waals surface area contributed by atoms with Crippen molar-refractivity contribution in [3.63, 3.8) is 0 Å². The van der Waals surface area contributed by atoms with Crippen molar-refractivity contribution in [1.29, 1.82) is 0 Å². The maximum Gasteiger partial charge on any atom is 0.338 e. The van der Waals surface area contributed by atoms with Gasteiger partial charge in [0, 0.05) is 4.47 Å². The summed E-state index contributed by atoms with van der Waals surface area (Å²) in [4.78, 5) is 19.1. The average molecular weight is 309 g/mol. The Hall–Kier alpha value is -1.95. The number of carbonyl (C=O) groups is 1. The molecule has 0 fully saturated rings. The molecule has 0 amide bonds. The third kappa shape index (κ3) is 3.04. The molecule has 2 aromatic rings. The fourth-order valence-electron chi connectivity index (χ4n) is 1.33. The van der Waals surface area contributed by atoms with Gasteiger partial charge in [-0.05, 0) is 18.2 Å². The molecule has 1 heterocycles. The molecule has 18 heavy (non-hydrogen) atoms. The molecule has 5 nitrogen and oxygen atoms in total. The van der Waals surface area contributed by atoms with E-state index in [1.165, 1.54) is 25.8 Å². The quantitative estimate of drug-likeness (QED) is 0.816. The van der Waals surface area contributed by atoms with Crippen molar-refractivity contribution in [3.05, 3.63) is 47.0 Å². The van der Waals surface area contributed by atoms with Crippen LogP contribution in [0.2, 0.25) is 0 Å². The van der Waals surface area contributed by atoms with E-state index in [0.29, 0.717) is 17.1 Å². The lowest BCUT2D eigenvalue weighted by Gasteiger charge is -2.07. The smallest absolute Gasteiger partial charge is 0.338 e. The summed E-state index contributed by atoms with van der Waals surface area (Å²) in [5.41, 5.74) is 0.402. The van der Waals surface area contributed by atoms with Gasteiger partial charge in [0.2, 0.25) is 0 Å². The number of rotatable bonds is 3. The lowest BCUT2D eigenvalue weighted by molar-refractivity contribution is 0.0600. The molecule has 0 radical (unpaired) electrons. The Bertz CT molecular complexity index is 561. The van der Waals surface area contributed by atoms with Crippen LogP contribution in [-0.2, 0) is 4.74 Å². The number of halogens is 1. The lowest BCUT2D eigenvalue weighted by Crippen LogP contribution is -2.01. The molecule has 0 aliphatic heterocycles. The minimum atomic E-state index is -0.425. The van der Waals surface area contributed by atoms with Gasteiger partial charge < -0.3 is 9.47 Å². The van der Waals surface area contributed by atoms with Crippen molar-refractivity contribution in [3.8, 4) is 11.5 Å². The monoisotopic (exact) mass is 308 g/mol. The predicted octanol–water partition coefficient (Wildman–Crippen LogP) is 2.82. The number of aromatic nitrogens is 2. The molecule has 0 aliphatic carbocycles. The minimum absolute atomic E-state index is 0.402. The van der Waals surface area contributed by atoms with E-state index < -0.39 is 5.97 Å². The van der Waals surface area contributed by atoms with Crippen LogP contribution in [-0.4, -0.2) is 23.0 Å². The molecular formula is C12H9BrN2O3. The van der Waals surface area contributed by atoms with E-state index in [2.05, 4.69) is 30.6 Å². The van der Waals surface area contributed by atoms with Crippen molar-refractivity contribution in [2.24, 2.45) is 0 Å². The van der Waals surface area contributed by atoms with Crippen molar-refractivity contribution in [2.45, 2.75) is 0 Å². The van der Waals surface area contributed by atoms with E-state index in [0.717, 1.165) is 4.47 Å². The Labute approximate surface area is 112 Å². The average Bonchev–Trinajstić information content (AvgIpc) is 2.38. The van der Waals surface area contributed by atoms with Crippen LogP contribution in [0.5, 0.6) is 11.5 Å². The van der Waals surface area contributed by atoms with Gasteiger partial charge in [-0.15, -0.1) is 0 Å². The third-order valence-electron chi connectivity index (χ3n) is 2.06. The molecule has 0 atom stereocenters. The molecule has 0 spiro atoms. The first kappa shape index (κ1) is 12.5. The zero-order valence-corrected chi connectivity index (χ0v) is 11.0. The number of carbonyl (C=O) groups excluding carboxylic acids is 1. The number of benzene rings is 1. The number of methoxy groups -OCH3 is 1.